The Bertz CT molecular complexity index is 1300. The van der Waals surface area contributed by atoms with Crippen molar-refractivity contribution >= 4 is 44.6 Å². The maximum absolute atomic E-state index is 12.7. The number of nitrogens with one attached hydrogen (secondary N) is 1. The second kappa shape index (κ2) is 7.05. The van der Waals surface area contributed by atoms with Gasteiger partial charge in [0.05, 0.1) is 15.7 Å². The molecule has 0 amide bonds. The van der Waals surface area contributed by atoms with Gasteiger partial charge in [-0.15, -0.1) is 10.2 Å². The molecule has 142 valence electrons. The number of nitrogens with zero attached hydrogens (tertiary/aromatic N) is 4. The third kappa shape index (κ3) is 3.42. The standard InChI is InChI=1S/C18H13Cl2N5O2S/c1-11-21-22-17-9-8-15(23-25(11)17)12-4-2-5-13(10-12)24-28(26,27)16-7-3-6-14(19)18(16)20/h2-10,24H,1H3. The summed E-state index contributed by atoms with van der Waals surface area (Å²) in [5.74, 6) is 0.657. The summed E-state index contributed by atoms with van der Waals surface area (Å²) in [4.78, 5) is -0.0910. The fourth-order valence-electron chi connectivity index (χ4n) is 2.69. The zero-order chi connectivity index (χ0) is 19.9. The molecule has 0 atom stereocenters. The smallest absolute Gasteiger partial charge is 0.263 e. The van der Waals surface area contributed by atoms with Gasteiger partial charge in [0.1, 0.15) is 4.90 Å². The molecule has 2 aromatic heterocycles. The molecule has 0 bridgehead atoms. The van der Waals surface area contributed by atoms with E-state index in [0.717, 1.165) is 5.56 Å². The molecule has 0 aliphatic carbocycles. The van der Waals surface area contributed by atoms with Crippen molar-refractivity contribution in [1.29, 1.82) is 0 Å². The third-order valence-electron chi connectivity index (χ3n) is 4.03. The molecule has 1 N–H and O–H groups in total. The van der Waals surface area contributed by atoms with Crippen LogP contribution in [0.2, 0.25) is 10.0 Å². The van der Waals surface area contributed by atoms with Crippen molar-refractivity contribution < 1.29 is 8.42 Å². The summed E-state index contributed by atoms with van der Waals surface area (Å²) in [5.41, 5.74) is 2.38. The zero-order valence-corrected chi connectivity index (χ0v) is 16.8. The number of sulfonamides is 1. The van der Waals surface area contributed by atoms with Crippen LogP contribution in [0.4, 0.5) is 5.69 Å². The van der Waals surface area contributed by atoms with Gasteiger partial charge >= 0.3 is 0 Å². The number of halogens is 2. The molecule has 0 spiro atoms. The minimum atomic E-state index is -3.91. The van der Waals surface area contributed by atoms with E-state index in [2.05, 4.69) is 20.0 Å². The maximum Gasteiger partial charge on any atom is 0.263 e. The molecule has 0 saturated heterocycles. The quantitative estimate of drug-likeness (QED) is 0.520. The molecule has 4 rings (SSSR count). The van der Waals surface area contributed by atoms with Crippen LogP contribution in [0.5, 0.6) is 0 Å². The van der Waals surface area contributed by atoms with E-state index in [-0.39, 0.29) is 14.9 Å². The van der Waals surface area contributed by atoms with Crippen LogP contribution in [0.15, 0.2) is 59.5 Å². The highest BCUT2D eigenvalue weighted by Crippen LogP contribution is 2.30. The molecular weight excluding hydrogens is 421 g/mol. The summed E-state index contributed by atoms with van der Waals surface area (Å²) in [6, 6.07) is 14.9. The Labute approximate surface area is 171 Å². The zero-order valence-electron chi connectivity index (χ0n) is 14.5. The summed E-state index contributed by atoms with van der Waals surface area (Å²) in [7, 11) is -3.91. The number of aromatic nitrogens is 4. The first-order valence-electron chi connectivity index (χ1n) is 8.11. The van der Waals surface area contributed by atoms with E-state index in [1.165, 1.54) is 18.2 Å². The summed E-state index contributed by atoms with van der Waals surface area (Å²) in [6.07, 6.45) is 0. The number of aryl methyl sites for hydroxylation is 1. The predicted molar refractivity (Wildman–Crippen MR) is 108 cm³/mol. The van der Waals surface area contributed by atoms with Crippen LogP contribution in [0, 0.1) is 6.92 Å². The molecule has 7 nitrogen and oxygen atoms in total. The molecule has 0 unspecified atom stereocenters. The first kappa shape index (κ1) is 18.7. The van der Waals surface area contributed by atoms with Crippen LogP contribution in [0.25, 0.3) is 16.9 Å². The normalized spacial score (nSPS) is 11.7. The first-order valence-corrected chi connectivity index (χ1v) is 10.4. The second-order valence-corrected chi connectivity index (χ2v) is 8.41. The molecule has 0 fully saturated rings. The average molecular weight is 434 g/mol. The van der Waals surface area contributed by atoms with Gasteiger partial charge in [-0.3, -0.25) is 4.72 Å². The highest BCUT2D eigenvalue weighted by atomic mass is 35.5. The molecule has 0 aliphatic heterocycles. The Hall–Kier alpha value is -2.68. The van der Waals surface area contributed by atoms with Crippen molar-refractivity contribution in [2.75, 3.05) is 4.72 Å². The SMILES string of the molecule is Cc1nnc2ccc(-c3cccc(NS(=O)(=O)c4cccc(Cl)c4Cl)c3)nn12. The Kier molecular flexibility index (Phi) is 4.70. The van der Waals surface area contributed by atoms with Crippen LogP contribution < -0.4 is 4.72 Å². The number of fused-ring (bicyclic) bond motifs is 1. The molecule has 28 heavy (non-hydrogen) atoms. The van der Waals surface area contributed by atoms with Gasteiger partial charge in [0, 0.05) is 11.3 Å². The van der Waals surface area contributed by atoms with Gasteiger partial charge in [0.25, 0.3) is 10.0 Å². The van der Waals surface area contributed by atoms with Gasteiger partial charge in [0.2, 0.25) is 0 Å². The van der Waals surface area contributed by atoms with Crippen LogP contribution in [-0.4, -0.2) is 28.2 Å². The summed E-state index contributed by atoms with van der Waals surface area (Å²) in [6.45, 7) is 1.80. The molecule has 0 aliphatic rings. The highest BCUT2D eigenvalue weighted by Gasteiger charge is 2.20. The molecule has 0 saturated carbocycles. The molecule has 2 aromatic carbocycles. The van der Waals surface area contributed by atoms with Gasteiger partial charge in [-0.2, -0.15) is 9.61 Å². The maximum atomic E-state index is 12.7. The fourth-order valence-corrected chi connectivity index (χ4v) is 4.51. The third-order valence-corrected chi connectivity index (χ3v) is 6.39. The van der Waals surface area contributed by atoms with Gasteiger partial charge in [-0.1, -0.05) is 41.4 Å². The van der Waals surface area contributed by atoms with Crippen LogP contribution in [0.1, 0.15) is 5.82 Å². The van der Waals surface area contributed by atoms with Crippen molar-refractivity contribution in [2.24, 2.45) is 0 Å². The number of rotatable bonds is 4. The second-order valence-electron chi connectivity index (χ2n) is 5.97. The van der Waals surface area contributed by atoms with E-state index in [4.69, 9.17) is 23.2 Å². The summed E-state index contributed by atoms with van der Waals surface area (Å²) >= 11 is 12.0. The molecule has 0 radical (unpaired) electrons. The number of hydrogen-bond acceptors (Lipinski definition) is 5. The van der Waals surface area contributed by atoms with E-state index in [1.807, 2.05) is 6.07 Å². The summed E-state index contributed by atoms with van der Waals surface area (Å²) in [5, 5.41) is 12.6. The fraction of sp³-hybridized carbons (Fsp3) is 0.0556. The Morgan fingerprint density at radius 2 is 1.79 bits per heavy atom. The highest BCUT2D eigenvalue weighted by molar-refractivity contribution is 7.92. The predicted octanol–water partition coefficient (Wildman–Crippen LogP) is 4.21. The van der Waals surface area contributed by atoms with Gasteiger partial charge in [0.15, 0.2) is 11.5 Å². The van der Waals surface area contributed by atoms with Crippen molar-refractivity contribution in [3.8, 4) is 11.3 Å². The van der Waals surface area contributed by atoms with Crippen molar-refractivity contribution in [3.63, 3.8) is 0 Å². The number of benzene rings is 2. The lowest BCUT2D eigenvalue weighted by Crippen LogP contribution is -2.13. The van der Waals surface area contributed by atoms with Crippen molar-refractivity contribution in [3.05, 3.63) is 70.5 Å². The molecule has 4 aromatic rings. The Morgan fingerprint density at radius 3 is 2.61 bits per heavy atom. The largest absolute Gasteiger partial charge is 0.280 e. The van der Waals surface area contributed by atoms with Crippen molar-refractivity contribution in [2.45, 2.75) is 11.8 Å². The Balaban J connectivity index is 1.70. The topological polar surface area (TPSA) is 89.2 Å². The van der Waals surface area contributed by atoms with Gasteiger partial charge < -0.3 is 0 Å². The van der Waals surface area contributed by atoms with E-state index >= 15 is 0 Å². The van der Waals surface area contributed by atoms with Gasteiger partial charge in [-0.25, -0.2) is 8.42 Å². The first-order chi connectivity index (χ1) is 13.3. The van der Waals surface area contributed by atoms with E-state index in [9.17, 15) is 8.42 Å². The lowest BCUT2D eigenvalue weighted by Gasteiger charge is -2.11. The summed E-state index contributed by atoms with van der Waals surface area (Å²) < 4.78 is 29.6. The number of anilines is 1. The minimum Gasteiger partial charge on any atom is -0.280 e. The van der Waals surface area contributed by atoms with Crippen LogP contribution in [-0.2, 0) is 10.0 Å². The van der Waals surface area contributed by atoms with E-state index in [0.29, 0.717) is 22.9 Å². The minimum absolute atomic E-state index is 0.0250. The molecule has 2 heterocycles. The van der Waals surface area contributed by atoms with Crippen LogP contribution >= 0.6 is 23.2 Å². The Morgan fingerprint density at radius 1 is 1.00 bits per heavy atom. The lowest BCUT2D eigenvalue weighted by molar-refractivity contribution is 0.601. The van der Waals surface area contributed by atoms with E-state index in [1.54, 1.807) is 41.8 Å². The van der Waals surface area contributed by atoms with E-state index < -0.39 is 10.0 Å². The average Bonchev–Trinajstić information content (AvgIpc) is 3.04. The molecule has 10 heteroatoms. The molecular formula is C18H13Cl2N5O2S. The van der Waals surface area contributed by atoms with Gasteiger partial charge in [-0.05, 0) is 43.3 Å². The number of hydrogen-bond donors (Lipinski definition) is 1. The van der Waals surface area contributed by atoms with Crippen LogP contribution in [0.3, 0.4) is 0 Å². The van der Waals surface area contributed by atoms with Crippen molar-refractivity contribution in [1.82, 2.24) is 19.8 Å². The lowest BCUT2D eigenvalue weighted by atomic mass is 10.1. The monoisotopic (exact) mass is 433 g/mol.